The molecule has 3 aliphatic rings. The zero-order chi connectivity index (χ0) is 19.2. The Morgan fingerprint density at radius 2 is 2.41 bits per heavy atom. The van der Waals surface area contributed by atoms with E-state index in [4.69, 9.17) is 36.3 Å². The van der Waals surface area contributed by atoms with Gasteiger partial charge in [0.2, 0.25) is 6.79 Å². The van der Waals surface area contributed by atoms with Gasteiger partial charge >= 0.3 is 21.4 Å². The molecule has 2 saturated heterocycles. The Balaban J connectivity index is 1.46. The van der Waals surface area contributed by atoms with Gasteiger partial charge in [-0.15, -0.1) is 0 Å². The van der Waals surface area contributed by atoms with E-state index in [1.807, 2.05) is 0 Å². The Bertz CT molecular complexity index is 747. The average Bonchev–Trinajstić information content (AvgIpc) is 3.17. The second-order valence-electron chi connectivity index (χ2n) is 6.11. The van der Waals surface area contributed by atoms with Gasteiger partial charge < -0.3 is 30.5 Å². The minimum Gasteiger partial charge on any atom is -0.434 e. The molecule has 12 nitrogen and oxygen atoms in total. The van der Waals surface area contributed by atoms with E-state index in [1.165, 1.54) is 13.3 Å². The van der Waals surface area contributed by atoms with E-state index in [1.54, 1.807) is 4.90 Å². The minimum atomic E-state index is -3.26. The highest BCUT2D eigenvalue weighted by atomic mass is 31.2. The molecule has 0 aromatic carbocycles. The molecule has 144 valence electrons. The van der Waals surface area contributed by atoms with Crippen molar-refractivity contribution in [3.05, 3.63) is 6.33 Å². The quantitative estimate of drug-likeness (QED) is 0.250. The second kappa shape index (κ2) is 7.00. The molecule has 14 heteroatoms. The summed E-state index contributed by atoms with van der Waals surface area (Å²) in [6, 6.07) is 0. The van der Waals surface area contributed by atoms with Crippen molar-refractivity contribution in [3.63, 3.8) is 0 Å². The van der Waals surface area contributed by atoms with Crippen LogP contribution in [0.4, 0.5) is 17.3 Å². The van der Waals surface area contributed by atoms with Crippen molar-refractivity contribution < 1.29 is 32.9 Å². The summed E-state index contributed by atoms with van der Waals surface area (Å²) in [5, 5.41) is 13.8. The van der Waals surface area contributed by atoms with Gasteiger partial charge in [-0.2, -0.15) is 13.6 Å². The van der Waals surface area contributed by atoms with Crippen molar-refractivity contribution in [1.29, 1.82) is 0 Å². The van der Waals surface area contributed by atoms with E-state index in [9.17, 15) is 9.90 Å². The number of nitrogen functional groups attached to an aromatic ring is 1. The van der Waals surface area contributed by atoms with Crippen LogP contribution in [0.25, 0.3) is 0 Å². The summed E-state index contributed by atoms with van der Waals surface area (Å²) in [7, 11) is 2.73. The van der Waals surface area contributed by atoms with Gasteiger partial charge in [-0.25, -0.2) is 9.97 Å². The van der Waals surface area contributed by atoms with Crippen LogP contribution in [0, 0.1) is 0 Å². The van der Waals surface area contributed by atoms with Crippen LogP contribution in [0.2, 0.25) is 0 Å². The van der Waals surface area contributed by atoms with Gasteiger partial charge in [-0.1, -0.05) is 0 Å². The normalized spacial score (nSPS) is 34.7. The number of rotatable bonds is 4. The molecule has 4 rings (SSSR count). The van der Waals surface area contributed by atoms with Crippen LogP contribution in [0.15, 0.2) is 6.33 Å². The van der Waals surface area contributed by atoms with Crippen LogP contribution in [-0.4, -0.2) is 73.2 Å². The first-order valence-electron chi connectivity index (χ1n) is 8.11. The Morgan fingerprint density at radius 1 is 1.59 bits per heavy atom. The summed E-state index contributed by atoms with van der Waals surface area (Å²) in [5.41, 5.74) is 6.41. The van der Waals surface area contributed by atoms with E-state index in [-0.39, 0.29) is 6.61 Å². The van der Waals surface area contributed by atoms with Crippen LogP contribution >= 0.6 is 7.82 Å². The number of carbonyl (C=O) groups is 1. The predicted octanol–water partition coefficient (Wildman–Crippen LogP) is -0.867. The van der Waals surface area contributed by atoms with E-state index in [0.717, 1.165) is 0 Å². The Labute approximate surface area is 156 Å². The van der Waals surface area contributed by atoms with Gasteiger partial charge in [0.05, 0.1) is 6.67 Å². The molecule has 2 fully saturated rings. The molecule has 2 radical (unpaired) electrons. The molecule has 1 aromatic heterocycles. The maximum atomic E-state index is 10.8. The molecule has 5 atom stereocenters. The number of nitrogens with one attached hydrogen (secondary N) is 1. The molecule has 0 saturated carbocycles. The third kappa shape index (κ3) is 3.42. The predicted molar refractivity (Wildman–Crippen MR) is 93.3 cm³/mol. The summed E-state index contributed by atoms with van der Waals surface area (Å²) >= 11 is 0. The van der Waals surface area contributed by atoms with Crippen LogP contribution in [0.1, 0.15) is 6.92 Å². The maximum absolute atomic E-state index is 10.8. The van der Waals surface area contributed by atoms with Crippen molar-refractivity contribution in [2.45, 2.75) is 31.5 Å². The number of fused-ring (bicyclic) bond motifs is 2. The lowest BCUT2D eigenvalue weighted by Gasteiger charge is -2.30. The third-order valence-electron chi connectivity index (χ3n) is 4.35. The largest absolute Gasteiger partial charge is 0.488 e. The zero-order valence-electron chi connectivity index (χ0n) is 14.3. The van der Waals surface area contributed by atoms with Gasteiger partial charge in [-0.05, 0) is 0 Å². The summed E-state index contributed by atoms with van der Waals surface area (Å²) in [5.74, 6) is 0.297. The first kappa shape index (κ1) is 18.6. The molecule has 4 heterocycles. The molecule has 27 heavy (non-hydrogen) atoms. The first-order valence-corrected chi connectivity index (χ1v) is 9.72. The van der Waals surface area contributed by atoms with Crippen molar-refractivity contribution in [2.24, 2.45) is 0 Å². The topological polar surface area (TPSA) is 151 Å². The lowest BCUT2D eigenvalue weighted by atomic mass is 10.1. The highest BCUT2D eigenvalue weighted by molar-refractivity contribution is 7.85. The molecule has 3 aliphatic heterocycles. The van der Waals surface area contributed by atoms with Gasteiger partial charge in [-0.3, -0.25) is 4.79 Å². The number of aliphatic hydroxyl groups is 1. The molecule has 0 bridgehead atoms. The van der Waals surface area contributed by atoms with E-state index >= 15 is 0 Å². The fourth-order valence-corrected chi connectivity index (χ4v) is 4.45. The van der Waals surface area contributed by atoms with Crippen molar-refractivity contribution in [1.82, 2.24) is 9.97 Å². The molecule has 0 aliphatic carbocycles. The third-order valence-corrected chi connectivity index (χ3v) is 5.87. The number of aromatic nitrogens is 2. The lowest BCUT2D eigenvalue weighted by molar-refractivity contribution is -0.149. The number of aliphatic hydroxyl groups excluding tert-OH is 1. The highest BCUT2D eigenvalue weighted by Gasteiger charge is 2.59. The number of nitrogens with zero attached hydrogens (tertiary/aromatic N) is 3. The fourth-order valence-electron chi connectivity index (χ4n) is 3.10. The molecular weight excluding hydrogens is 380 g/mol. The summed E-state index contributed by atoms with van der Waals surface area (Å²) in [4.78, 5) is 20.7. The maximum Gasteiger partial charge on any atom is 0.488 e. The molecule has 0 amide bonds. The van der Waals surface area contributed by atoms with Gasteiger partial charge in [0, 0.05) is 6.92 Å². The van der Waals surface area contributed by atoms with Crippen LogP contribution in [-0.2, 0) is 27.8 Å². The number of hydrogen-bond acceptors (Lipinski definition) is 12. The standard InChI is InChI=1S/C13H18BN5O7P/c1-6(20)22-5-24-27(14)23-2-7-10(26-27)9(21)13(25-7)19-4-18-8-11(15)16-3-17-12(8)19/h3,7,9-10,13,18,21H,2,4-5H2,1H3,(H2,15,16,17)/q+1/t7-,9+,10+,13-,27?/m1/s1. The molecule has 0 spiro atoms. The summed E-state index contributed by atoms with van der Waals surface area (Å²) in [6.45, 7) is 1.22. The number of nitrogens with two attached hydrogens (primary N) is 1. The monoisotopic (exact) mass is 398 g/mol. The van der Waals surface area contributed by atoms with Crippen molar-refractivity contribution in [3.8, 4) is 0 Å². The Hall–Kier alpha value is -1.76. The summed E-state index contributed by atoms with van der Waals surface area (Å²) < 4.78 is 26.9. The van der Waals surface area contributed by atoms with Crippen LogP contribution < -0.4 is 16.0 Å². The summed E-state index contributed by atoms with van der Waals surface area (Å²) in [6.07, 6.45) is -1.80. The Kier molecular flexibility index (Phi) is 4.83. The Morgan fingerprint density at radius 3 is 3.19 bits per heavy atom. The molecule has 4 N–H and O–H groups in total. The fraction of sp³-hybridized carbons (Fsp3) is 0.615. The SMILES string of the molecule is [B][P+]1(OCOC(C)=O)OC[C@H]2O[C@@H](N3CNc4c(N)ncnc43)[C@@H](O)[C@H]2O1. The number of ether oxygens (including phenoxy) is 2. The minimum absolute atomic E-state index is 0.0581. The second-order valence-corrected chi connectivity index (χ2v) is 7.91. The van der Waals surface area contributed by atoms with Crippen LogP contribution in [0.5, 0.6) is 0 Å². The first-order chi connectivity index (χ1) is 12.9. The number of carbonyl (C=O) groups excluding carboxylic acids is 1. The van der Waals surface area contributed by atoms with E-state index in [0.29, 0.717) is 24.0 Å². The number of hydrogen-bond donors (Lipinski definition) is 3. The highest BCUT2D eigenvalue weighted by Crippen LogP contribution is 2.62. The molecular formula is C13H18BN5O7P+. The lowest BCUT2D eigenvalue weighted by Crippen LogP contribution is -2.46. The molecule has 1 aromatic rings. The average molecular weight is 398 g/mol. The zero-order valence-corrected chi connectivity index (χ0v) is 15.2. The van der Waals surface area contributed by atoms with Gasteiger partial charge in [0.15, 0.2) is 24.0 Å². The van der Waals surface area contributed by atoms with Gasteiger partial charge in [0.1, 0.15) is 30.8 Å². The van der Waals surface area contributed by atoms with E-state index < -0.39 is 45.1 Å². The van der Waals surface area contributed by atoms with Crippen molar-refractivity contribution >= 4 is 38.7 Å². The van der Waals surface area contributed by atoms with Crippen LogP contribution in [0.3, 0.4) is 0 Å². The number of anilines is 3. The molecule has 1 unspecified atom stereocenters. The van der Waals surface area contributed by atoms with Crippen molar-refractivity contribution in [2.75, 3.05) is 36.0 Å². The smallest absolute Gasteiger partial charge is 0.434 e. The van der Waals surface area contributed by atoms with Gasteiger partial charge in [0.25, 0.3) is 0 Å². The van der Waals surface area contributed by atoms with E-state index in [2.05, 4.69) is 15.3 Å². The number of esters is 1.